The molecule has 4 aliphatic heterocycles. The molecule has 0 radical (unpaired) electrons. The topological polar surface area (TPSA) is 102 Å². The fourth-order valence-electron chi connectivity index (χ4n) is 6.86. The van der Waals surface area contributed by atoms with E-state index in [0.717, 1.165) is 62.9 Å². The highest BCUT2D eigenvalue weighted by atomic mass is 15.1. The van der Waals surface area contributed by atoms with Gasteiger partial charge in [0.1, 0.15) is 0 Å². The molecular formula is C34H56N12. The Morgan fingerprint density at radius 3 is 1.09 bits per heavy atom. The molecule has 4 fully saturated rings. The Hall–Kier alpha value is -3.32. The summed E-state index contributed by atoms with van der Waals surface area (Å²) in [6.45, 7) is 14.2. The van der Waals surface area contributed by atoms with Crippen LogP contribution in [0, 0.1) is 23.7 Å². The number of likely N-dealkylation sites (tertiary alicyclic amines) is 2. The van der Waals surface area contributed by atoms with Gasteiger partial charge in [-0.05, 0) is 103 Å². The molecule has 0 unspecified atom stereocenters. The molecule has 4 atom stereocenters. The van der Waals surface area contributed by atoms with E-state index >= 15 is 0 Å². The maximum Gasteiger partial charge on any atom is 0.0946 e. The monoisotopic (exact) mass is 632 g/mol. The van der Waals surface area contributed by atoms with Crippen molar-refractivity contribution < 1.29 is 0 Å². The number of nitrogens with zero attached hydrogens (tertiary/aromatic N) is 10. The fourth-order valence-corrected chi connectivity index (χ4v) is 6.86. The lowest BCUT2D eigenvalue weighted by Gasteiger charge is -2.10. The largest absolute Gasteiger partial charge is 0.337 e. The molecular weight excluding hydrogens is 576 g/mol. The first kappa shape index (κ1) is 34.0. The molecule has 12 heteroatoms. The zero-order valence-electron chi connectivity index (χ0n) is 28.0. The zero-order chi connectivity index (χ0) is 31.8. The van der Waals surface area contributed by atoms with Gasteiger partial charge in [0, 0.05) is 88.8 Å². The van der Waals surface area contributed by atoms with E-state index in [-0.39, 0.29) is 0 Å². The van der Waals surface area contributed by atoms with Gasteiger partial charge in [0.2, 0.25) is 0 Å². The molecule has 0 bridgehead atoms. The molecule has 12 nitrogen and oxygen atoms in total. The second-order valence-electron chi connectivity index (χ2n) is 13.6. The third-order valence-corrected chi connectivity index (χ3v) is 9.42. The molecule has 0 aliphatic carbocycles. The summed E-state index contributed by atoms with van der Waals surface area (Å²) in [6.07, 6.45) is 28.3. The third kappa shape index (κ3) is 12.1. The second kappa shape index (κ2) is 18.7. The van der Waals surface area contributed by atoms with Crippen molar-refractivity contribution in [3.8, 4) is 0 Å². The van der Waals surface area contributed by atoms with Crippen LogP contribution in [0.4, 0.5) is 0 Å². The number of rotatable bonds is 8. The standard InChI is InChI=1S/2C9H15N3.2C8H13N3/c2*1-11-4-2-9(6-11)7-12-5-3-10-8-12;2*1-2-9-5-8(1)6-11-4-3-10-7-11/h2*3,5,8-9H,2,4,6-7H2,1H3;2*3-4,7-9H,1-2,5-6H2/t2*9-;2*8-/m1010/s1. The minimum Gasteiger partial charge on any atom is -0.337 e. The SMILES string of the molecule is CN1CC[C@@H](Cn2ccnc2)C1.CN1CC[C@H](Cn2ccnc2)C1.c1cn(C[C@@H]2CCNC2)cn1.c1cn(C[C@H]2CCNC2)cn1. The van der Waals surface area contributed by atoms with Crippen LogP contribution in [0.2, 0.25) is 0 Å². The molecule has 4 aromatic rings. The Balaban J connectivity index is 0.000000121. The number of hydrogen-bond donors (Lipinski definition) is 2. The first-order chi connectivity index (χ1) is 22.6. The van der Waals surface area contributed by atoms with E-state index in [4.69, 9.17) is 0 Å². The maximum absolute atomic E-state index is 4.03. The van der Waals surface area contributed by atoms with Crippen LogP contribution in [0.25, 0.3) is 0 Å². The van der Waals surface area contributed by atoms with Gasteiger partial charge in [-0.1, -0.05) is 0 Å². The summed E-state index contributed by atoms with van der Waals surface area (Å²) in [5.41, 5.74) is 0. The summed E-state index contributed by atoms with van der Waals surface area (Å²) in [6, 6.07) is 0. The Morgan fingerprint density at radius 2 is 0.848 bits per heavy atom. The lowest BCUT2D eigenvalue weighted by molar-refractivity contribution is 0.378. The molecule has 8 heterocycles. The summed E-state index contributed by atoms with van der Waals surface area (Å²) in [5, 5.41) is 6.70. The average Bonchev–Trinajstić information content (AvgIpc) is 3.88. The van der Waals surface area contributed by atoms with Gasteiger partial charge in [0.05, 0.1) is 25.3 Å². The van der Waals surface area contributed by atoms with Crippen LogP contribution in [-0.4, -0.2) is 114 Å². The highest BCUT2D eigenvalue weighted by Crippen LogP contribution is 2.17. The van der Waals surface area contributed by atoms with Crippen molar-refractivity contribution in [3.63, 3.8) is 0 Å². The lowest BCUT2D eigenvalue weighted by atomic mass is 10.1. The predicted molar refractivity (Wildman–Crippen MR) is 182 cm³/mol. The van der Waals surface area contributed by atoms with E-state index in [1.165, 1.54) is 65.0 Å². The molecule has 252 valence electrons. The summed E-state index contributed by atoms with van der Waals surface area (Å²) < 4.78 is 8.64. The van der Waals surface area contributed by atoms with Crippen molar-refractivity contribution in [2.24, 2.45) is 23.7 Å². The first-order valence-electron chi connectivity index (χ1n) is 17.2. The Morgan fingerprint density at radius 1 is 0.500 bits per heavy atom. The van der Waals surface area contributed by atoms with Gasteiger partial charge in [0.25, 0.3) is 0 Å². The van der Waals surface area contributed by atoms with Crippen LogP contribution in [-0.2, 0) is 26.2 Å². The second-order valence-corrected chi connectivity index (χ2v) is 13.6. The van der Waals surface area contributed by atoms with Crippen LogP contribution < -0.4 is 10.6 Å². The average molecular weight is 633 g/mol. The number of aromatic nitrogens is 8. The van der Waals surface area contributed by atoms with Gasteiger partial charge in [0.15, 0.2) is 0 Å². The molecule has 0 spiro atoms. The maximum atomic E-state index is 4.03. The zero-order valence-corrected chi connectivity index (χ0v) is 28.0. The Kier molecular flexibility index (Phi) is 13.9. The van der Waals surface area contributed by atoms with Crippen LogP contribution >= 0.6 is 0 Å². The van der Waals surface area contributed by atoms with Crippen LogP contribution in [0.5, 0.6) is 0 Å². The number of hydrogen-bond acceptors (Lipinski definition) is 8. The van der Waals surface area contributed by atoms with Gasteiger partial charge < -0.3 is 38.7 Å². The van der Waals surface area contributed by atoms with Crippen LogP contribution in [0.1, 0.15) is 25.7 Å². The van der Waals surface area contributed by atoms with E-state index in [1.54, 1.807) is 0 Å². The molecule has 0 saturated carbocycles. The molecule has 2 N–H and O–H groups in total. The molecule has 4 aromatic heterocycles. The third-order valence-electron chi connectivity index (χ3n) is 9.42. The Labute approximate surface area is 275 Å². The van der Waals surface area contributed by atoms with Gasteiger partial charge in [-0.2, -0.15) is 0 Å². The summed E-state index contributed by atoms with van der Waals surface area (Å²) >= 11 is 0. The van der Waals surface area contributed by atoms with E-state index in [1.807, 2.05) is 74.9 Å². The molecule has 4 saturated heterocycles. The van der Waals surface area contributed by atoms with Gasteiger partial charge >= 0.3 is 0 Å². The highest BCUT2D eigenvalue weighted by molar-refractivity contribution is 4.82. The van der Waals surface area contributed by atoms with Crippen molar-refractivity contribution in [1.82, 2.24) is 58.6 Å². The van der Waals surface area contributed by atoms with E-state index < -0.39 is 0 Å². The summed E-state index contributed by atoms with van der Waals surface area (Å²) in [5.74, 6) is 3.27. The Bertz CT molecular complexity index is 1160. The van der Waals surface area contributed by atoms with Crippen molar-refractivity contribution >= 4 is 0 Å². The molecule has 0 aromatic carbocycles. The van der Waals surface area contributed by atoms with Gasteiger partial charge in [-0.15, -0.1) is 0 Å². The summed E-state index contributed by atoms with van der Waals surface area (Å²) in [4.78, 5) is 20.9. The smallest absolute Gasteiger partial charge is 0.0946 e. The van der Waals surface area contributed by atoms with Crippen LogP contribution in [0.15, 0.2) is 74.9 Å². The lowest BCUT2D eigenvalue weighted by Crippen LogP contribution is -2.16. The number of nitrogens with one attached hydrogen (secondary N) is 2. The van der Waals surface area contributed by atoms with E-state index in [9.17, 15) is 0 Å². The number of imidazole rings is 4. The highest BCUT2D eigenvalue weighted by Gasteiger charge is 2.20. The minimum atomic E-state index is 0.809. The molecule has 0 amide bonds. The quantitative estimate of drug-likeness (QED) is 0.306. The predicted octanol–water partition coefficient (Wildman–Crippen LogP) is 2.65. The van der Waals surface area contributed by atoms with Crippen molar-refractivity contribution in [1.29, 1.82) is 0 Å². The molecule has 46 heavy (non-hydrogen) atoms. The molecule has 8 rings (SSSR count). The van der Waals surface area contributed by atoms with Gasteiger partial charge in [-0.3, -0.25) is 0 Å². The van der Waals surface area contributed by atoms with E-state index in [0.29, 0.717) is 0 Å². The van der Waals surface area contributed by atoms with Crippen molar-refractivity contribution in [2.75, 3.05) is 66.5 Å². The van der Waals surface area contributed by atoms with Crippen molar-refractivity contribution in [2.45, 2.75) is 51.9 Å². The van der Waals surface area contributed by atoms with Crippen LogP contribution in [0.3, 0.4) is 0 Å². The normalized spacial score (nSPS) is 24.6. The fraction of sp³-hybridized carbons (Fsp3) is 0.647. The minimum absolute atomic E-state index is 0.809. The first-order valence-corrected chi connectivity index (χ1v) is 17.2. The van der Waals surface area contributed by atoms with E-state index in [2.05, 4.69) is 72.7 Å². The van der Waals surface area contributed by atoms with Crippen molar-refractivity contribution in [3.05, 3.63) is 74.9 Å². The molecule has 4 aliphatic rings. The van der Waals surface area contributed by atoms with Gasteiger partial charge in [-0.25, -0.2) is 19.9 Å². The summed E-state index contributed by atoms with van der Waals surface area (Å²) in [7, 11) is 4.38.